The number of likely N-dealkylation sites (N-methyl/N-ethyl adjacent to an activating group) is 1. The molecular weight excluding hydrogens is 326 g/mol. The number of anilines is 1. The molecule has 0 aliphatic carbocycles. The number of rotatable bonds is 4. The van der Waals surface area contributed by atoms with E-state index in [1.54, 1.807) is 36.0 Å². The van der Waals surface area contributed by atoms with Gasteiger partial charge in [-0.1, -0.05) is 0 Å². The Labute approximate surface area is 145 Å². The van der Waals surface area contributed by atoms with Gasteiger partial charge in [0.05, 0.1) is 29.5 Å². The molecule has 0 unspecified atom stereocenters. The van der Waals surface area contributed by atoms with Gasteiger partial charge in [-0.3, -0.25) is 9.78 Å². The van der Waals surface area contributed by atoms with Gasteiger partial charge in [0.2, 0.25) is 0 Å². The number of amides is 1. The van der Waals surface area contributed by atoms with Crippen LogP contribution in [0.2, 0.25) is 0 Å². The molecule has 0 aromatic carbocycles. The highest BCUT2D eigenvalue weighted by atomic mass is 32.1. The van der Waals surface area contributed by atoms with Crippen molar-refractivity contribution < 1.29 is 9.90 Å². The maximum atomic E-state index is 12.5. The number of thiazole rings is 1. The number of piperidine rings is 1. The van der Waals surface area contributed by atoms with E-state index in [2.05, 4.69) is 15.0 Å². The summed E-state index contributed by atoms with van der Waals surface area (Å²) in [6, 6.07) is 0. The first-order chi connectivity index (χ1) is 11.5. The van der Waals surface area contributed by atoms with Crippen molar-refractivity contribution in [3.8, 4) is 0 Å². The molecule has 1 amide bonds. The molecule has 3 rings (SSSR count). The number of aryl methyl sites for hydroxylation is 1. The minimum Gasteiger partial charge on any atom is -0.386 e. The molecule has 1 saturated heterocycles. The largest absolute Gasteiger partial charge is 0.386 e. The van der Waals surface area contributed by atoms with Gasteiger partial charge in [0.1, 0.15) is 10.7 Å². The molecule has 1 aliphatic heterocycles. The van der Waals surface area contributed by atoms with E-state index < -0.39 is 5.60 Å². The summed E-state index contributed by atoms with van der Waals surface area (Å²) >= 11 is 1.33. The first-order valence-electron chi connectivity index (χ1n) is 7.87. The molecule has 0 spiro atoms. The number of hydrogen-bond acceptors (Lipinski definition) is 7. The second-order valence-corrected chi connectivity index (χ2v) is 7.10. The van der Waals surface area contributed by atoms with Gasteiger partial charge in [-0.15, -0.1) is 11.3 Å². The summed E-state index contributed by atoms with van der Waals surface area (Å²) in [5.41, 5.74) is 1.44. The standard InChI is InChI=1S/C16H21N5O2S/c1-12-14(24-11-19-12)15(22)20(2)9-16(23)4-3-7-21(10-16)13-8-17-5-6-18-13/h5-6,8,11,23H,3-4,7,9-10H2,1-2H3/t16-/m0/s1. The molecule has 0 radical (unpaired) electrons. The van der Waals surface area contributed by atoms with Crippen molar-refractivity contribution in [3.05, 3.63) is 34.7 Å². The Morgan fingerprint density at radius 1 is 1.46 bits per heavy atom. The SMILES string of the molecule is Cc1ncsc1C(=O)N(C)C[C@@]1(O)CCCN(c2cnccn2)C1. The van der Waals surface area contributed by atoms with Crippen LogP contribution in [0.5, 0.6) is 0 Å². The molecule has 1 aliphatic rings. The van der Waals surface area contributed by atoms with Crippen molar-refractivity contribution in [1.82, 2.24) is 19.9 Å². The van der Waals surface area contributed by atoms with E-state index in [0.717, 1.165) is 24.5 Å². The Morgan fingerprint density at radius 3 is 2.96 bits per heavy atom. The molecule has 1 N–H and O–H groups in total. The van der Waals surface area contributed by atoms with Crippen LogP contribution in [0.4, 0.5) is 5.82 Å². The molecule has 3 heterocycles. The molecule has 0 saturated carbocycles. The van der Waals surface area contributed by atoms with Crippen molar-refractivity contribution in [2.75, 3.05) is 31.6 Å². The van der Waals surface area contributed by atoms with Crippen molar-refractivity contribution >= 4 is 23.1 Å². The van der Waals surface area contributed by atoms with Gasteiger partial charge in [-0.05, 0) is 19.8 Å². The van der Waals surface area contributed by atoms with E-state index in [0.29, 0.717) is 17.8 Å². The maximum absolute atomic E-state index is 12.5. The summed E-state index contributed by atoms with van der Waals surface area (Å²) in [5, 5.41) is 11.0. The molecule has 1 atom stereocenters. The maximum Gasteiger partial charge on any atom is 0.265 e. The summed E-state index contributed by atoms with van der Waals surface area (Å²) in [6.07, 6.45) is 6.47. The van der Waals surface area contributed by atoms with E-state index in [9.17, 15) is 9.90 Å². The Hall–Kier alpha value is -2.06. The zero-order valence-electron chi connectivity index (χ0n) is 13.8. The van der Waals surface area contributed by atoms with Gasteiger partial charge in [-0.25, -0.2) is 9.97 Å². The Kier molecular flexibility index (Phi) is 4.77. The van der Waals surface area contributed by atoms with Crippen LogP contribution in [0.3, 0.4) is 0 Å². The van der Waals surface area contributed by atoms with Crippen LogP contribution in [0, 0.1) is 6.92 Å². The average Bonchev–Trinajstić information content (AvgIpc) is 3.00. The molecular formula is C16H21N5O2S. The summed E-state index contributed by atoms with van der Waals surface area (Å²) < 4.78 is 0. The minimum atomic E-state index is -0.960. The number of aromatic nitrogens is 3. The fourth-order valence-corrected chi connectivity index (χ4v) is 3.88. The van der Waals surface area contributed by atoms with Gasteiger partial charge in [0.25, 0.3) is 5.91 Å². The van der Waals surface area contributed by atoms with Crippen LogP contribution in [-0.2, 0) is 0 Å². The third-order valence-electron chi connectivity index (χ3n) is 4.25. The molecule has 128 valence electrons. The highest BCUT2D eigenvalue weighted by molar-refractivity contribution is 7.11. The smallest absolute Gasteiger partial charge is 0.265 e. The Bertz CT molecular complexity index is 708. The predicted octanol–water partition coefficient (Wildman–Crippen LogP) is 1.35. The second kappa shape index (κ2) is 6.82. The van der Waals surface area contributed by atoms with E-state index in [4.69, 9.17) is 0 Å². The highest BCUT2D eigenvalue weighted by Gasteiger charge is 2.36. The van der Waals surface area contributed by atoms with Gasteiger partial charge in [-0.2, -0.15) is 0 Å². The average molecular weight is 347 g/mol. The van der Waals surface area contributed by atoms with Gasteiger partial charge in [0.15, 0.2) is 0 Å². The van der Waals surface area contributed by atoms with Crippen molar-refractivity contribution in [1.29, 1.82) is 0 Å². The quantitative estimate of drug-likeness (QED) is 0.899. The number of β-amino-alcohol motifs (C(OH)–C–C–N with tert-alkyl or cyclic N) is 1. The molecule has 2 aromatic rings. The van der Waals surface area contributed by atoms with Gasteiger partial charge in [0, 0.05) is 32.5 Å². The number of hydrogen-bond donors (Lipinski definition) is 1. The monoisotopic (exact) mass is 347 g/mol. The predicted molar refractivity (Wildman–Crippen MR) is 92.2 cm³/mol. The molecule has 7 nitrogen and oxygen atoms in total. The fraction of sp³-hybridized carbons (Fsp3) is 0.500. The van der Waals surface area contributed by atoms with Crippen LogP contribution >= 0.6 is 11.3 Å². The fourth-order valence-electron chi connectivity index (χ4n) is 3.09. The lowest BCUT2D eigenvalue weighted by Crippen LogP contribution is -2.54. The van der Waals surface area contributed by atoms with Crippen molar-refractivity contribution in [2.45, 2.75) is 25.4 Å². The van der Waals surface area contributed by atoms with E-state index in [-0.39, 0.29) is 12.5 Å². The zero-order chi connectivity index (χ0) is 17.2. The van der Waals surface area contributed by atoms with Crippen molar-refractivity contribution in [2.24, 2.45) is 0 Å². The minimum absolute atomic E-state index is 0.0972. The number of aliphatic hydroxyl groups is 1. The van der Waals surface area contributed by atoms with E-state index in [1.807, 2.05) is 11.8 Å². The van der Waals surface area contributed by atoms with Crippen LogP contribution in [0.25, 0.3) is 0 Å². The van der Waals surface area contributed by atoms with Gasteiger partial charge < -0.3 is 14.9 Å². The van der Waals surface area contributed by atoms with Crippen LogP contribution in [0.15, 0.2) is 24.1 Å². The summed E-state index contributed by atoms with van der Waals surface area (Å²) in [4.78, 5) is 29.3. The lowest BCUT2D eigenvalue weighted by Gasteiger charge is -2.41. The molecule has 1 fully saturated rings. The normalized spacial score (nSPS) is 20.9. The first kappa shape index (κ1) is 16.8. The van der Waals surface area contributed by atoms with Crippen molar-refractivity contribution in [3.63, 3.8) is 0 Å². The first-order valence-corrected chi connectivity index (χ1v) is 8.75. The number of nitrogens with zero attached hydrogens (tertiary/aromatic N) is 5. The summed E-state index contributed by atoms with van der Waals surface area (Å²) in [5.74, 6) is 0.656. The molecule has 8 heteroatoms. The topological polar surface area (TPSA) is 82.5 Å². The van der Waals surface area contributed by atoms with Crippen LogP contribution in [-0.4, -0.2) is 63.1 Å². The third-order valence-corrected chi connectivity index (χ3v) is 5.16. The Morgan fingerprint density at radius 2 is 2.29 bits per heavy atom. The van der Waals surface area contributed by atoms with E-state index >= 15 is 0 Å². The van der Waals surface area contributed by atoms with Crippen LogP contribution < -0.4 is 4.90 Å². The number of carbonyl (C=O) groups excluding carboxylic acids is 1. The number of carbonyl (C=O) groups is 1. The Balaban J connectivity index is 1.69. The summed E-state index contributed by atoms with van der Waals surface area (Å²) in [7, 11) is 1.72. The zero-order valence-corrected chi connectivity index (χ0v) is 14.7. The highest BCUT2D eigenvalue weighted by Crippen LogP contribution is 2.26. The second-order valence-electron chi connectivity index (χ2n) is 6.24. The molecule has 0 bridgehead atoms. The van der Waals surface area contributed by atoms with Crippen LogP contribution in [0.1, 0.15) is 28.2 Å². The lowest BCUT2D eigenvalue weighted by molar-refractivity contribution is -0.0000507. The third kappa shape index (κ3) is 3.54. The lowest BCUT2D eigenvalue weighted by atomic mass is 9.92. The molecule has 24 heavy (non-hydrogen) atoms. The molecule has 2 aromatic heterocycles. The van der Waals surface area contributed by atoms with Gasteiger partial charge >= 0.3 is 0 Å². The van der Waals surface area contributed by atoms with E-state index in [1.165, 1.54) is 11.3 Å². The summed E-state index contributed by atoms with van der Waals surface area (Å²) in [6.45, 7) is 3.36.